The first-order chi connectivity index (χ1) is 6.79. The molecule has 0 bridgehead atoms. The van der Waals surface area contributed by atoms with E-state index < -0.39 is 42.5 Å². The van der Waals surface area contributed by atoms with Crippen molar-refractivity contribution < 1.29 is 39.3 Å². The average molecular weight is 293 g/mol. The summed E-state index contributed by atoms with van der Waals surface area (Å²) in [5, 5.41) is 0. The van der Waals surface area contributed by atoms with Crippen molar-refractivity contribution in [3.8, 4) is 0 Å². The van der Waals surface area contributed by atoms with E-state index in [1.807, 2.05) is 0 Å². The second kappa shape index (κ2) is 4.58. The molecule has 1 atom stereocenters. The summed E-state index contributed by atoms with van der Waals surface area (Å²) < 4.78 is 101. The minimum atomic E-state index is -6.01. The highest BCUT2D eigenvalue weighted by molar-refractivity contribution is 8.04. The molecule has 0 aliphatic carbocycles. The van der Waals surface area contributed by atoms with Gasteiger partial charge in [-0.3, -0.25) is 0 Å². The summed E-state index contributed by atoms with van der Waals surface area (Å²) in [5.74, 6) is -2.17. The summed E-state index contributed by atoms with van der Waals surface area (Å²) in [6, 6.07) is 0. The van der Waals surface area contributed by atoms with E-state index in [0.717, 1.165) is 0 Å². The highest BCUT2D eigenvalue weighted by atomic mass is 32.3. The zero-order valence-corrected chi connectivity index (χ0v) is 9.10. The van der Waals surface area contributed by atoms with Crippen molar-refractivity contribution in [2.45, 2.75) is 11.7 Å². The predicted molar refractivity (Wildman–Crippen MR) is 41.8 cm³/mol. The summed E-state index contributed by atoms with van der Waals surface area (Å²) >= 11 is -3.35. The highest BCUT2D eigenvalue weighted by Crippen LogP contribution is 2.29. The van der Waals surface area contributed by atoms with Crippen molar-refractivity contribution >= 4 is 21.4 Å². The number of hydrogen-bond acceptors (Lipinski definition) is 3. The second-order valence-corrected chi connectivity index (χ2v) is 6.11. The van der Waals surface area contributed by atoms with Gasteiger partial charge in [0.1, 0.15) is 0 Å². The van der Waals surface area contributed by atoms with Crippen LogP contribution in [-0.2, 0) is 21.4 Å². The van der Waals surface area contributed by atoms with Crippen molar-refractivity contribution in [3.05, 3.63) is 0 Å². The molecule has 0 N–H and O–H groups in total. The largest absolute Gasteiger partial charge is 0.597 e. The van der Waals surface area contributed by atoms with Gasteiger partial charge in [0, 0.05) is 0 Å². The SMILES string of the molecule is CN([S+]([O-])CC(F)(F)F)S(=O)(=O)C(F)(F)F. The van der Waals surface area contributed by atoms with Gasteiger partial charge in [-0.25, -0.2) is 0 Å². The molecule has 0 spiro atoms. The molecule has 16 heavy (non-hydrogen) atoms. The quantitative estimate of drug-likeness (QED) is 0.576. The zero-order chi connectivity index (χ0) is 13.4. The molecule has 0 radical (unpaired) electrons. The third-order valence-electron chi connectivity index (χ3n) is 1.20. The van der Waals surface area contributed by atoms with E-state index in [2.05, 4.69) is 0 Å². The maximum absolute atomic E-state index is 11.8. The van der Waals surface area contributed by atoms with Crippen LogP contribution < -0.4 is 0 Å². The Balaban J connectivity index is 4.89. The van der Waals surface area contributed by atoms with Crippen molar-refractivity contribution in [3.63, 3.8) is 0 Å². The maximum atomic E-state index is 11.8. The summed E-state index contributed by atoms with van der Waals surface area (Å²) in [6.07, 6.45) is -5.03. The van der Waals surface area contributed by atoms with Gasteiger partial charge in [-0.05, 0) is 3.71 Å². The lowest BCUT2D eigenvalue weighted by molar-refractivity contribution is -0.106. The summed E-state index contributed by atoms with van der Waals surface area (Å²) in [5.41, 5.74) is -5.79. The normalized spacial score (nSPS) is 16.6. The van der Waals surface area contributed by atoms with Crippen LogP contribution in [0.1, 0.15) is 0 Å². The Morgan fingerprint density at radius 2 is 1.56 bits per heavy atom. The van der Waals surface area contributed by atoms with E-state index in [1.54, 1.807) is 0 Å². The van der Waals surface area contributed by atoms with E-state index >= 15 is 0 Å². The first-order valence-electron chi connectivity index (χ1n) is 3.29. The van der Waals surface area contributed by atoms with Crippen LogP contribution in [0.4, 0.5) is 26.3 Å². The Bertz CT molecular complexity index is 335. The van der Waals surface area contributed by atoms with E-state index in [9.17, 15) is 39.3 Å². The van der Waals surface area contributed by atoms with E-state index in [-0.39, 0.29) is 7.05 Å². The molecule has 0 saturated heterocycles. The lowest BCUT2D eigenvalue weighted by Gasteiger charge is -2.21. The Hall–Kier alpha value is -0.200. The first kappa shape index (κ1) is 15.8. The number of nitrogens with zero attached hydrogens (tertiary/aromatic N) is 1. The highest BCUT2D eigenvalue weighted by Gasteiger charge is 2.54. The van der Waals surface area contributed by atoms with Gasteiger partial charge >= 0.3 is 21.7 Å². The van der Waals surface area contributed by atoms with E-state index in [4.69, 9.17) is 0 Å². The average Bonchev–Trinajstić information content (AvgIpc) is 1.97. The van der Waals surface area contributed by atoms with Crippen LogP contribution in [0.5, 0.6) is 0 Å². The van der Waals surface area contributed by atoms with Gasteiger partial charge < -0.3 is 4.55 Å². The fourth-order valence-corrected chi connectivity index (χ4v) is 2.53. The molecule has 0 heterocycles. The Kier molecular flexibility index (Phi) is 4.53. The standard InChI is InChI=1S/C4H5F6NO3S2/c1-11(15(12)2-3(5,6)7)16(13,14)4(8,9)10/h2H2,1H3. The minimum Gasteiger partial charge on any atom is -0.597 e. The van der Waals surface area contributed by atoms with Crippen molar-refractivity contribution in [1.82, 2.24) is 3.71 Å². The van der Waals surface area contributed by atoms with Crippen LogP contribution in [0.25, 0.3) is 0 Å². The number of alkyl halides is 6. The number of hydrogen-bond donors (Lipinski definition) is 0. The van der Waals surface area contributed by atoms with Crippen molar-refractivity contribution in [2.75, 3.05) is 12.8 Å². The third kappa shape index (κ3) is 3.99. The topological polar surface area (TPSA) is 60.4 Å². The number of halogens is 6. The molecule has 0 aromatic rings. The smallest absolute Gasteiger partial charge is 0.515 e. The lowest BCUT2D eigenvalue weighted by Crippen LogP contribution is -2.44. The summed E-state index contributed by atoms with van der Waals surface area (Å²) in [7, 11) is -5.86. The molecule has 1 unspecified atom stereocenters. The van der Waals surface area contributed by atoms with Crippen LogP contribution in [0.3, 0.4) is 0 Å². The molecular formula is C4H5F6NO3S2. The van der Waals surface area contributed by atoms with Gasteiger partial charge in [0.05, 0.1) is 18.4 Å². The van der Waals surface area contributed by atoms with Crippen LogP contribution in [-0.4, -0.2) is 41.2 Å². The Morgan fingerprint density at radius 3 is 1.81 bits per heavy atom. The van der Waals surface area contributed by atoms with E-state index in [0.29, 0.717) is 0 Å². The van der Waals surface area contributed by atoms with Gasteiger partial charge in [0.25, 0.3) is 0 Å². The van der Waals surface area contributed by atoms with Crippen LogP contribution >= 0.6 is 0 Å². The molecule has 0 amide bonds. The molecule has 0 aromatic heterocycles. The van der Waals surface area contributed by atoms with Crippen molar-refractivity contribution in [2.24, 2.45) is 0 Å². The first-order valence-corrected chi connectivity index (χ1v) is 6.01. The molecule has 0 aliphatic rings. The molecule has 98 valence electrons. The molecule has 0 rings (SSSR count). The minimum absolute atomic E-state index is 0.157. The van der Waals surface area contributed by atoms with Gasteiger partial charge in [0.15, 0.2) is 0 Å². The number of rotatable bonds is 3. The van der Waals surface area contributed by atoms with Gasteiger partial charge in [-0.15, -0.1) is 0 Å². The molecular weight excluding hydrogens is 288 g/mol. The van der Waals surface area contributed by atoms with Gasteiger partial charge in [-0.2, -0.15) is 34.8 Å². The van der Waals surface area contributed by atoms with Crippen molar-refractivity contribution in [1.29, 1.82) is 0 Å². The molecule has 12 heteroatoms. The number of sulfonamides is 1. The third-order valence-corrected chi connectivity index (χ3v) is 4.70. The van der Waals surface area contributed by atoms with E-state index in [1.165, 1.54) is 0 Å². The molecule has 4 nitrogen and oxygen atoms in total. The van der Waals surface area contributed by atoms with Crippen LogP contribution in [0.15, 0.2) is 0 Å². The monoisotopic (exact) mass is 293 g/mol. The fourth-order valence-electron chi connectivity index (χ4n) is 0.486. The van der Waals surface area contributed by atoms with Gasteiger partial charge in [-0.1, -0.05) is 0 Å². The molecule has 0 fully saturated rings. The Labute approximate surface area is 89.6 Å². The predicted octanol–water partition coefficient (Wildman–Crippen LogP) is 0.994. The molecule has 0 aromatic carbocycles. The van der Waals surface area contributed by atoms with Crippen LogP contribution in [0, 0.1) is 0 Å². The molecule has 0 saturated carbocycles. The van der Waals surface area contributed by atoms with Gasteiger partial charge in [0.2, 0.25) is 5.75 Å². The Morgan fingerprint density at radius 1 is 1.19 bits per heavy atom. The zero-order valence-electron chi connectivity index (χ0n) is 7.46. The lowest BCUT2D eigenvalue weighted by atomic mass is 10.8. The van der Waals surface area contributed by atoms with Crippen LogP contribution in [0.2, 0.25) is 0 Å². The maximum Gasteiger partial charge on any atom is 0.515 e. The summed E-state index contributed by atoms with van der Waals surface area (Å²) in [6.45, 7) is 0. The summed E-state index contributed by atoms with van der Waals surface area (Å²) in [4.78, 5) is 0. The molecule has 0 aliphatic heterocycles. The fraction of sp³-hybridized carbons (Fsp3) is 1.00. The second-order valence-electron chi connectivity index (χ2n) is 2.44.